The van der Waals surface area contributed by atoms with E-state index in [4.69, 9.17) is 0 Å². The van der Waals surface area contributed by atoms with Crippen molar-refractivity contribution in [1.82, 2.24) is 19.2 Å². The van der Waals surface area contributed by atoms with Crippen molar-refractivity contribution in [3.8, 4) is 0 Å². The summed E-state index contributed by atoms with van der Waals surface area (Å²) in [7, 11) is 1.72. The first-order valence-electron chi connectivity index (χ1n) is 7.74. The van der Waals surface area contributed by atoms with Gasteiger partial charge in [-0.05, 0) is 18.6 Å². The summed E-state index contributed by atoms with van der Waals surface area (Å²) in [6.45, 7) is 1.85. The highest BCUT2D eigenvalue weighted by Gasteiger charge is 2.30. The van der Waals surface area contributed by atoms with Gasteiger partial charge in [0.25, 0.3) is 5.56 Å². The lowest BCUT2D eigenvalue weighted by Gasteiger charge is -2.08. The minimum Gasteiger partial charge on any atom is -0.273 e. The van der Waals surface area contributed by atoms with Crippen LogP contribution in [0.25, 0.3) is 16.0 Å². The fourth-order valence-electron chi connectivity index (χ4n) is 2.97. The van der Waals surface area contributed by atoms with E-state index in [-0.39, 0.29) is 5.56 Å². The summed E-state index contributed by atoms with van der Waals surface area (Å²) in [5.41, 5.74) is 0.841. The Hall–Kier alpha value is -2.68. The molecule has 0 aliphatic rings. The van der Waals surface area contributed by atoms with E-state index in [9.17, 15) is 18.0 Å². The Morgan fingerprint density at radius 2 is 2.04 bits per heavy atom. The lowest BCUT2D eigenvalue weighted by Crippen LogP contribution is -2.08. The van der Waals surface area contributed by atoms with E-state index in [2.05, 4.69) is 10.1 Å². The molecule has 4 aromatic rings. The summed E-state index contributed by atoms with van der Waals surface area (Å²) < 4.78 is 42.1. The maximum Gasteiger partial charge on any atom is 0.416 e. The van der Waals surface area contributed by atoms with Crippen molar-refractivity contribution in [3.63, 3.8) is 0 Å². The monoisotopic (exact) mass is 378 g/mol. The molecule has 134 valence electrons. The second-order valence-electron chi connectivity index (χ2n) is 6.06. The van der Waals surface area contributed by atoms with E-state index >= 15 is 0 Å². The Kier molecular flexibility index (Phi) is 3.65. The number of hydrogen-bond acceptors (Lipinski definition) is 4. The van der Waals surface area contributed by atoms with E-state index in [1.807, 2.05) is 6.92 Å². The van der Waals surface area contributed by atoms with E-state index in [0.717, 1.165) is 22.7 Å². The summed E-state index contributed by atoms with van der Waals surface area (Å²) in [5, 5.41) is 4.74. The van der Waals surface area contributed by atoms with E-state index in [1.165, 1.54) is 17.4 Å². The lowest BCUT2D eigenvalue weighted by molar-refractivity contribution is -0.137. The third-order valence-corrected chi connectivity index (χ3v) is 5.35. The lowest BCUT2D eigenvalue weighted by atomic mass is 10.1. The van der Waals surface area contributed by atoms with Crippen molar-refractivity contribution in [3.05, 3.63) is 62.5 Å². The zero-order valence-corrected chi connectivity index (χ0v) is 14.6. The van der Waals surface area contributed by atoms with Crippen molar-refractivity contribution in [2.45, 2.75) is 19.5 Å². The summed E-state index contributed by atoms with van der Waals surface area (Å²) in [5.74, 6) is 0. The van der Waals surface area contributed by atoms with Crippen molar-refractivity contribution in [2.75, 3.05) is 0 Å². The van der Waals surface area contributed by atoms with E-state index in [1.54, 1.807) is 28.4 Å². The molecule has 0 spiro atoms. The number of fused-ring (bicyclic) bond motifs is 3. The number of alkyl halides is 3. The highest BCUT2D eigenvalue weighted by atomic mass is 32.1. The second kappa shape index (κ2) is 5.66. The number of aryl methyl sites for hydroxylation is 2. The zero-order chi connectivity index (χ0) is 18.6. The van der Waals surface area contributed by atoms with Gasteiger partial charge in [-0.1, -0.05) is 18.2 Å². The van der Waals surface area contributed by atoms with Crippen molar-refractivity contribution in [2.24, 2.45) is 7.05 Å². The molecule has 3 heterocycles. The molecule has 9 heteroatoms. The van der Waals surface area contributed by atoms with Crippen LogP contribution in [-0.4, -0.2) is 19.2 Å². The molecule has 1 aromatic carbocycles. The molecule has 0 fully saturated rings. The first-order valence-corrected chi connectivity index (χ1v) is 8.56. The summed E-state index contributed by atoms with van der Waals surface area (Å²) in [4.78, 5) is 17.6. The largest absolute Gasteiger partial charge is 0.416 e. The minimum atomic E-state index is -4.38. The minimum absolute atomic E-state index is 0.326. The quantitative estimate of drug-likeness (QED) is 0.536. The maximum atomic E-state index is 12.9. The summed E-state index contributed by atoms with van der Waals surface area (Å²) in [6, 6.07) is 5.27. The van der Waals surface area contributed by atoms with Gasteiger partial charge >= 0.3 is 6.18 Å². The van der Waals surface area contributed by atoms with Gasteiger partial charge in [-0.3, -0.25) is 13.9 Å². The Balaban J connectivity index is 1.85. The van der Waals surface area contributed by atoms with Crippen LogP contribution in [0.1, 0.15) is 21.7 Å². The van der Waals surface area contributed by atoms with E-state index in [0.29, 0.717) is 28.0 Å². The number of hydrogen-bond donors (Lipinski definition) is 0. The molecule has 0 radical (unpaired) electrons. The molecule has 0 amide bonds. The molecular formula is C17H13F3N4OS. The number of thiazole rings is 1. The molecule has 26 heavy (non-hydrogen) atoms. The SMILES string of the molecule is Cc1c(Cc2cccc(C(F)(F)F)c2)sc2nc(=O)c3cn(C)nc3n12. The van der Waals surface area contributed by atoms with Gasteiger partial charge < -0.3 is 0 Å². The molecule has 0 N–H and O–H groups in total. The van der Waals surface area contributed by atoms with E-state index < -0.39 is 11.7 Å². The van der Waals surface area contributed by atoms with Crippen molar-refractivity contribution < 1.29 is 13.2 Å². The highest BCUT2D eigenvalue weighted by Crippen LogP contribution is 2.31. The van der Waals surface area contributed by atoms with Crippen LogP contribution in [0.5, 0.6) is 0 Å². The number of nitrogens with zero attached hydrogens (tertiary/aromatic N) is 4. The molecule has 0 unspecified atom stereocenters. The van der Waals surface area contributed by atoms with Crippen LogP contribution in [0.4, 0.5) is 13.2 Å². The maximum absolute atomic E-state index is 12.9. The van der Waals surface area contributed by atoms with Crippen LogP contribution >= 0.6 is 11.3 Å². The Bertz CT molecular complexity index is 1200. The van der Waals surface area contributed by atoms with Crippen LogP contribution in [-0.2, 0) is 19.6 Å². The second-order valence-corrected chi connectivity index (χ2v) is 7.12. The van der Waals surface area contributed by atoms with Crippen LogP contribution in [0.15, 0.2) is 35.3 Å². The van der Waals surface area contributed by atoms with Gasteiger partial charge in [0.15, 0.2) is 10.6 Å². The molecule has 0 saturated carbocycles. The summed E-state index contributed by atoms with van der Waals surface area (Å²) >= 11 is 1.29. The van der Waals surface area contributed by atoms with Gasteiger partial charge in [-0.2, -0.15) is 23.3 Å². The Morgan fingerprint density at radius 1 is 1.27 bits per heavy atom. The number of aromatic nitrogens is 4. The van der Waals surface area contributed by atoms with Gasteiger partial charge in [0.2, 0.25) is 0 Å². The van der Waals surface area contributed by atoms with Crippen LogP contribution in [0.2, 0.25) is 0 Å². The van der Waals surface area contributed by atoms with Crippen molar-refractivity contribution in [1.29, 1.82) is 0 Å². The average Bonchev–Trinajstić information content (AvgIpc) is 3.08. The normalized spacial score (nSPS) is 12.3. The fourth-order valence-corrected chi connectivity index (χ4v) is 4.11. The molecule has 0 aliphatic carbocycles. The van der Waals surface area contributed by atoms with Gasteiger partial charge in [0.1, 0.15) is 5.39 Å². The molecule has 0 atom stereocenters. The third-order valence-electron chi connectivity index (χ3n) is 4.21. The number of benzene rings is 1. The first-order chi connectivity index (χ1) is 12.2. The number of rotatable bonds is 2. The smallest absolute Gasteiger partial charge is 0.273 e. The Labute approximate surface area is 149 Å². The van der Waals surface area contributed by atoms with Gasteiger partial charge in [-0.25, -0.2) is 0 Å². The molecular weight excluding hydrogens is 365 g/mol. The fraction of sp³-hybridized carbons (Fsp3) is 0.235. The van der Waals surface area contributed by atoms with Gasteiger partial charge in [-0.15, -0.1) is 11.3 Å². The van der Waals surface area contributed by atoms with Crippen LogP contribution < -0.4 is 5.56 Å². The Morgan fingerprint density at radius 3 is 2.77 bits per heavy atom. The molecule has 3 aromatic heterocycles. The molecule has 0 aliphatic heterocycles. The summed E-state index contributed by atoms with van der Waals surface area (Å²) in [6.07, 6.45) is -2.44. The van der Waals surface area contributed by atoms with Crippen molar-refractivity contribution >= 4 is 27.3 Å². The molecule has 4 rings (SSSR count). The van der Waals surface area contributed by atoms with Gasteiger partial charge in [0.05, 0.1) is 5.56 Å². The molecule has 0 bridgehead atoms. The zero-order valence-electron chi connectivity index (χ0n) is 13.8. The van der Waals surface area contributed by atoms with Crippen LogP contribution in [0.3, 0.4) is 0 Å². The first kappa shape index (κ1) is 16.8. The third kappa shape index (κ3) is 2.68. The predicted molar refractivity (Wildman–Crippen MR) is 92.6 cm³/mol. The van der Waals surface area contributed by atoms with Crippen LogP contribution in [0, 0.1) is 6.92 Å². The molecule has 0 saturated heterocycles. The molecule has 5 nitrogen and oxygen atoms in total. The van der Waals surface area contributed by atoms with Gasteiger partial charge in [0, 0.05) is 30.2 Å². The standard InChI is InChI=1S/C17H13F3N4OS/c1-9-13(7-10-4-3-5-11(6-10)17(18,19)20)26-16-21-15(25)12-8-23(2)22-14(12)24(9)16/h3-6,8H,7H2,1-2H3. The topological polar surface area (TPSA) is 52.2 Å². The number of halogens is 3. The predicted octanol–water partition coefficient (Wildman–Crippen LogP) is 3.56. The average molecular weight is 378 g/mol. The highest BCUT2D eigenvalue weighted by molar-refractivity contribution is 7.17.